The molecule has 1 aromatic carbocycles. The van der Waals surface area contributed by atoms with Crippen LogP contribution < -0.4 is 5.32 Å². The summed E-state index contributed by atoms with van der Waals surface area (Å²) in [7, 11) is 0. The maximum absolute atomic E-state index is 12.7. The average Bonchev–Trinajstić information content (AvgIpc) is 3.34. The number of carbonyl (C=O) groups excluding carboxylic acids is 2. The number of nitrogens with one attached hydrogen (secondary N) is 1. The second kappa shape index (κ2) is 9.54. The number of anilines is 1. The molecule has 0 saturated carbocycles. The molecule has 29 heavy (non-hydrogen) atoms. The van der Waals surface area contributed by atoms with Gasteiger partial charge >= 0.3 is 5.97 Å². The zero-order valence-electron chi connectivity index (χ0n) is 16.5. The first-order valence-electron chi connectivity index (χ1n) is 9.34. The van der Waals surface area contributed by atoms with E-state index in [0.717, 1.165) is 11.4 Å². The standard InChI is InChI=1S/C22H24N2O4S/c1-15-12-19(16(2)24(15)13-17-6-5-11-29-17)21(26)14-28-22(27)18-7-3-4-8-20(18)23-9-10-25/h3-8,11-12,23,25H,9-10,13-14H2,1-2H3. The quantitative estimate of drug-likeness (QED) is 0.414. The molecule has 6 nitrogen and oxygen atoms in total. The Morgan fingerprint density at radius 1 is 1.14 bits per heavy atom. The summed E-state index contributed by atoms with van der Waals surface area (Å²) in [6.45, 7) is 4.53. The highest BCUT2D eigenvalue weighted by Crippen LogP contribution is 2.20. The number of hydrogen-bond donors (Lipinski definition) is 2. The fraction of sp³-hybridized carbons (Fsp3) is 0.273. The highest BCUT2D eigenvalue weighted by atomic mass is 32.1. The number of ketones is 1. The van der Waals surface area contributed by atoms with E-state index < -0.39 is 5.97 Å². The van der Waals surface area contributed by atoms with Crippen molar-refractivity contribution in [2.45, 2.75) is 20.4 Å². The van der Waals surface area contributed by atoms with Crippen LogP contribution in [0.2, 0.25) is 0 Å². The number of Topliss-reactive ketones (excluding diaryl/α,β-unsaturated/α-hetero) is 1. The fourth-order valence-electron chi connectivity index (χ4n) is 3.18. The van der Waals surface area contributed by atoms with Gasteiger partial charge in [0.2, 0.25) is 5.78 Å². The van der Waals surface area contributed by atoms with E-state index in [1.54, 1.807) is 35.6 Å². The Morgan fingerprint density at radius 3 is 2.66 bits per heavy atom. The van der Waals surface area contributed by atoms with Crippen molar-refractivity contribution in [2.75, 3.05) is 25.1 Å². The lowest BCUT2D eigenvalue weighted by Gasteiger charge is -2.11. The molecular weight excluding hydrogens is 388 g/mol. The molecule has 0 amide bonds. The van der Waals surface area contributed by atoms with Gasteiger partial charge in [-0.15, -0.1) is 11.3 Å². The van der Waals surface area contributed by atoms with E-state index in [0.29, 0.717) is 29.9 Å². The van der Waals surface area contributed by atoms with Crippen molar-refractivity contribution >= 4 is 28.8 Å². The van der Waals surface area contributed by atoms with Gasteiger partial charge in [0, 0.05) is 34.1 Å². The normalized spacial score (nSPS) is 10.7. The number of rotatable bonds is 9. The molecule has 2 heterocycles. The summed E-state index contributed by atoms with van der Waals surface area (Å²) in [5, 5.41) is 14.0. The number of aryl methyl sites for hydroxylation is 1. The maximum atomic E-state index is 12.7. The van der Waals surface area contributed by atoms with Crippen molar-refractivity contribution in [3.05, 3.63) is 75.2 Å². The van der Waals surface area contributed by atoms with Crippen LogP contribution in [0.25, 0.3) is 0 Å². The summed E-state index contributed by atoms with van der Waals surface area (Å²) in [4.78, 5) is 26.4. The molecule has 2 aromatic heterocycles. The molecule has 0 aliphatic carbocycles. The van der Waals surface area contributed by atoms with Crippen molar-refractivity contribution in [3.63, 3.8) is 0 Å². The Balaban J connectivity index is 1.68. The van der Waals surface area contributed by atoms with Crippen molar-refractivity contribution in [2.24, 2.45) is 0 Å². The van der Waals surface area contributed by atoms with Crippen LogP contribution >= 0.6 is 11.3 Å². The number of ether oxygens (including phenoxy) is 1. The smallest absolute Gasteiger partial charge is 0.340 e. The molecule has 0 aliphatic rings. The van der Waals surface area contributed by atoms with E-state index in [4.69, 9.17) is 9.84 Å². The number of aliphatic hydroxyl groups is 1. The molecule has 0 spiro atoms. The van der Waals surface area contributed by atoms with Gasteiger partial charge in [0.1, 0.15) is 0 Å². The summed E-state index contributed by atoms with van der Waals surface area (Å²) in [5.41, 5.74) is 3.31. The largest absolute Gasteiger partial charge is 0.454 e. The van der Waals surface area contributed by atoms with Crippen LogP contribution in [0.5, 0.6) is 0 Å². The minimum Gasteiger partial charge on any atom is -0.454 e. The molecule has 2 N–H and O–H groups in total. The Bertz CT molecular complexity index is 992. The molecule has 0 radical (unpaired) electrons. The predicted octanol–water partition coefficient (Wildman–Crippen LogP) is 3.66. The third-order valence-electron chi connectivity index (χ3n) is 4.68. The summed E-state index contributed by atoms with van der Waals surface area (Å²) >= 11 is 1.67. The molecule has 0 unspecified atom stereocenters. The van der Waals surface area contributed by atoms with Gasteiger partial charge in [0.05, 0.1) is 18.7 Å². The number of nitrogens with zero attached hydrogens (tertiary/aromatic N) is 1. The summed E-state index contributed by atoms with van der Waals surface area (Å²) in [6, 6.07) is 12.8. The predicted molar refractivity (Wildman–Crippen MR) is 114 cm³/mol. The molecule has 3 rings (SSSR count). The van der Waals surface area contributed by atoms with E-state index in [1.165, 1.54) is 4.88 Å². The molecule has 7 heteroatoms. The first-order chi connectivity index (χ1) is 14.0. The minimum absolute atomic E-state index is 0.0526. The second-order valence-corrected chi connectivity index (χ2v) is 7.68. The lowest BCUT2D eigenvalue weighted by molar-refractivity contribution is 0.0475. The number of aromatic nitrogens is 1. The monoisotopic (exact) mass is 412 g/mol. The van der Waals surface area contributed by atoms with Gasteiger partial charge in [-0.3, -0.25) is 4.79 Å². The van der Waals surface area contributed by atoms with Gasteiger partial charge in [-0.25, -0.2) is 4.79 Å². The lowest BCUT2D eigenvalue weighted by Crippen LogP contribution is -2.17. The maximum Gasteiger partial charge on any atom is 0.340 e. The van der Waals surface area contributed by atoms with Crippen LogP contribution in [0.4, 0.5) is 5.69 Å². The molecule has 0 saturated heterocycles. The third-order valence-corrected chi connectivity index (χ3v) is 5.54. The van der Waals surface area contributed by atoms with E-state index in [-0.39, 0.29) is 19.0 Å². The van der Waals surface area contributed by atoms with Gasteiger partial charge in [0.25, 0.3) is 0 Å². The first-order valence-corrected chi connectivity index (χ1v) is 10.2. The number of benzene rings is 1. The molecule has 0 atom stereocenters. The van der Waals surface area contributed by atoms with Crippen LogP contribution in [0.15, 0.2) is 47.8 Å². The Morgan fingerprint density at radius 2 is 1.93 bits per heavy atom. The zero-order valence-corrected chi connectivity index (χ0v) is 17.3. The van der Waals surface area contributed by atoms with E-state index in [1.807, 2.05) is 31.4 Å². The molecular formula is C22H24N2O4S. The second-order valence-electron chi connectivity index (χ2n) is 6.65. The van der Waals surface area contributed by atoms with Crippen molar-refractivity contribution in [3.8, 4) is 0 Å². The lowest BCUT2D eigenvalue weighted by atomic mass is 10.1. The topological polar surface area (TPSA) is 80.6 Å². The van der Waals surface area contributed by atoms with Crippen molar-refractivity contribution in [1.82, 2.24) is 4.57 Å². The molecule has 0 fully saturated rings. The number of aliphatic hydroxyl groups excluding tert-OH is 1. The van der Waals surface area contributed by atoms with E-state index in [9.17, 15) is 9.59 Å². The SMILES string of the molecule is Cc1cc(C(=O)COC(=O)c2ccccc2NCCO)c(C)n1Cc1cccs1. The number of esters is 1. The summed E-state index contributed by atoms with van der Waals surface area (Å²) in [6.07, 6.45) is 0. The van der Waals surface area contributed by atoms with Crippen molar-refractivity contribution < 1.29 is 19.4 Å². The number of hydrogen-bond acceptors (Lipinski definition) is 6. The average molecular weight is 413 g/mol. The van der Waals surface area contributed by atoms with Crippen LogP contribution in [0, 0.1) is 13.8 Å². The number of thiophene rings is 1. The van der Waals surface area contributed by atoms with Gasteiger partial charge in [-0.05, 0) is 43.5 Å². The molecule has 152 valence electrons. The van der Waals surface area contributed by atoms with Crippen LogP contribution in [0.3, 0.4) is 0 Å². The van der Waals surface area contributed by atoms with Gasteiger partial charge in [-0.2, -0.15) is 0 Å². The highest BCUT2D eigenvalue weighted by Gasteiger charge is 2.19. The van der Waals surface area contributed by atoms with E-state index >= 15 is 0 Å². The summed E-state index contributed by atoms with van der Waals surface area (Å²) < 4.78 is 7.37. The van der Waals surface area contributed by atoms with Gasteiger partial charge in [-0.1, -0.05) is 18.2 Å². The molecule has 0 bridgehead atoms. The fourth-order valence-corrected chi connectivity index (χ4v) is 3.87. The van der Waals surface area contributed by atoms with Gasteiger partial charge in [0.15, 0.2) is 6.61 Å². The number of para-hydroxylation sites is 1. The highest BCUT2D eigenvalue weighted by molar-refractivity contribution is 7.09. The molecule has 0 aliphatic heterocycles. The van der Waals surface area contributed by atoms with Gasteiger partial charge < -0.3 is 19.7 Å². The van der Waals surface area contributed by atoms with Crippen LogP contribution in [-0.2, 0) is 11.3 Å². The summed E-state index contributed by atoms with van der Waals surface area (Å²) in [5.74, 6) is -0.809. The Hall–Kier alpha value is -2.90. The Labute approximate surface area is 173 Å². The van der Waals surface area contributed by atoms with Crippen LogP contribution in [-0.4, -0.2) is 41.2 Å². The third kappa shape index (κ3) is 4.93. The first kappa shape index (κ1) is 20.8. The van der Waals surface area contributed by atoms with Crippen molar-refractivity contribution in [1.29, 1.82) is 0 Å². The zero-order chi connectivity index (χ0) is 20.8. The van der Waals surface area contributed by atoms with Crippen LogP contribution in [0.1, 0.15) is 37.0 Å². The number of carbonyl (C=O) groups is 2. The Kier molecular flexibility index (Phi) is 6.85. The minimum atomic E-state index is -0.577. The van der Waals surface area contributed by atoms with E-state index in [2.05, 4.69) is 16.0 Å². The molecule has 3 aromatic rings.